The summed E-state index contributed by atoms with van der Waals surface area (Å²) in [7, 11) is 3.36. The van der Waals surface area contributed by atoms with Crippen molar-refractivity contribution in [2.24, 2.45) is 7.05 Å². The van der Waals surface area contributed by atoms with E-state index in [0.717, 1.165) is 11.1 Å². The fraction of sp³-hybridized carbons (Fsp3) is 0.296. The van der Waals surface area contributed by atoms with Crippen molar-refractivity contribution in [1.82, 2.24) is 9.47 Å². The number of ketones is 1. The van der Waals surface area contributed by atoms with Crippen LogP contribution in [0.25, 0.3) is 11.1 Å². The average Bonchev–Trinajstić information content (AvgIpc) is 3.05. The second-order valence-corrected chi connectivity index (χ2v) is 8.11. The molecule has 6 heteroatoms. The molecule has 0 aliphatic carbocycles. The topological polar surface area (TPSA) is 68.6 Å². The SMILES string of the molecule is CCOC(=O)c1c(C)c(C(=O)C(C)N(C)C(=O)c2ccc(-c3ccccc3)cc2)c(C)n1C. The molecule has 3 rings (SSSR count). The Morgan fingerprint density at radius 3 is 2.12 bits per heavy atom. The van der Waals surface area contributed by atoms with Crippen molar-refractivity contribution < 1.29 is 19.1 Å². The van der Waals surface area contributed by atoms with Gasteiger partial charge < -0.3 is 14.2 Å². The van der Waals surface area contributed by atoms with Gasteiger partial charge in [-0.3, -0.25) is 9.59 Å². The molecule has 0 fully saturated rings. The van der Waals surface area contributed by atoms with E-state index >= 15 is 0 Å². The number of rotatable bonds is 7. The van der Waals surface area contributed by atoms with Crippen molar-refractivity contribution >= 4 is 17.7 Å². The van der Waals surface area contributed by atoms with Crippen molar-refractivity contribution in [3.05, 3.63) is 82.7 Å². The van der Waals surface area contributed by atoms with Gasteiger partial charge in [-0.1, -0.05) is 42.5 Å². The Morgan fingerprint density at radius 2 is 1.55 bits per heavy atom. The quantitative estimate of drug-likeness (QED) is 0.385. The Kier molecular flexibility index (Phi) is 7.16. The molecule has 0 saturated heterocycles. The molecule has 1 aromatic heterocycles. The lowest BCUT2D eigenvalue weighted by molar-refractivity contribution is 0.0514. The summed E-state index contributed by atoms with van der Waals surface area (Å²) >= 11 is 0. The highest BCUT2D eigenvalue weighted by Crippen LogP contribution is 2.25. The highest BCUT2D eigenvalue weighted by Gasteiger charge is 2.31. The fourth-order valence-electron chi connectivity index (χ4n) is 4.03. The van der Waals surface area contributed by atoms with Gasteiger partial charge in [0.2, 0.25) is 0 Å². The number of carbonyl (C=O) groups excluding carboxylic acids is 3. The number of benzene rings is 2. The smallest absolute Gasteiger partial charge is 0.355 e. The van der Waals surface area contributed by atoms with Gasteiger partial charge >= 0.3 is 5.97 Å². The van der Waals surface area contributed by atoms with Crippen LogP contribution in [0.2, 0.25) is 0 Å². The number of amides is 1. The van der Waals surface area contributed by atoms with Crippen LogP contribution in [0.15, 0.2) is 54.6 Å². The summed E-state index contributed by atoms with van der Waals surface area (Å²) in [6.07, 6.45) is 0. The van der Waals surface area contributed by atoms with Gasteiger partial charge in [-0.25, -0.2) is 4.79 Å². The van der Waals surface area contributed by atoms with E-state index in [1.165, 1.54) is 4.90 Å². The Balaban J connectivity index is 1.83. The molecule has 1 atom stereocenters. The molecule has 1 unspecified atom stereocenters. The lowest BCUT2D eigenvalue weighted by atomic mass is 9.99. The van der Waals surface area contributed by atoms with Crippen LogP contribution in [0.5, 0.6) is 0 Å². The molecule has 6 nitrogen and oxygen atoms in total. The minimum absolute atomic E-state index is 0.215. The van der Waals surface area contributed by atoms with E-state index in [0.29, 0.717) is 28.1 Å². The van der Waals surface area contributed by atoms with E-state index in [1.807, 2.05) is 42.5 Å². The summed E-state index contributed by atoms with van der Waals surface area (Å²) in [5, 5.41) is 0. The Hall–Kier alpha value is -3.67. The van der Waals surface area contributed by atoms with Crippen LogP contribution in [0.3, 0.4) is 0 Å². The molecule has 0 spiro atoms. The van der Waals surface area contributed by atoms with E-state index in [1.54, 1.807) is 58.5 Å². The summed E-state index contributed by atoms with van der Waals surface area (Å²) in [6, 6.07) is 16.6. The molecule has 2 aromatic carbocycles. The molecule has 33 heavy (non-hydrogen) atoms. The van der Waals surface area contributed by atoms with Crippen molar-refractivity contribution in [1.29, 1.82) is 0 Å². The number of esters is 1. The number of nitrogens with zero attached hydrogens (tertiary/aromatic N) is 2. The molecule has 172 valence electrons. The molecule has 0 aliphatic rings. The largest absolute Gasteiger partial charge is 0.461 e. The molecule has 0 saturated carbocycles. The lowest BCUT2D eigenvalue weighted by Gasteiger charge is -2.24. The molecule has 0 radical (unpaired) electrons. The summed E-state index contributed by atoms with van der Waals surface area (Å²) < 4.78 is 6.83. The number of hydrogen-bond donors (Lipinski definition) is 0. The maximum Gasteiger partial charge on any atom is 0.355 e. The molecule has 0 bridgehead atoms. The first-order valence-electron chi connectivity index (χ1n) is 11.0. The monoisotopic (exact) mass is 446 g/mol. The third-order valence-corrected chi connectivity index (χ3v) is 6.17. The average molecular weight is 447 g/mol. The van der Waals surface area contributed by atoms with Gasteiger partial charge in [-0.05, 0) is 56.5 Å². The van der Waals surface area contributed by atoms with E-state index < -0.39 is 12.0 Å². The number of aromatic nitrogens is 1. The normalized spacial score (nSPS) is 11.7. The minimum atomic E-state index is -0.707. The van der Waals surface area contributed by atoms with E-state index in [4.69, 9.17) is 4.74 Å². The first-order chi connectivity index (χ1) is 15.7. The minimum Gasteiger partial charge on any atom is -0.461 e. The molecule has 0 aliphatic heterocycles. The summed E-state index contributed by atoms with van der Waals surface area (Å²) in [5.41, 5.74) is 4.63. The van der Waals surface area contributed by atoms with Crippen molar-refractivity contribution in [2.75, 3.05) is 13.7 Å². The molecule has 0 N–H and O–H groups in total. The number of ether oxygens (including phenoxy) is 1. The predicted molar refractivity (Wildman–Crippen MR) is 129 cm³/mol. The maximum absolute atomic E-state index is 13.4. The zero-order valence-electron chi connectivity index (χ0n) is 20.0. The van der Waals surface area contributed by atoms with Gasteiger partial charge in [-0.2, -0.15) is 0 Å². The van der Waals surface area contributed by atoms with Crippen molar-refractivity contribution in [2.45, 2.75) is 33.7 Å². The van der Waals surface area contributed by atoms with Crippen molar-refractivity contribution in [3.63, 3.8) is 0 Å². The van der Waals surface area contributed by atoms with Crippen LogP contribution in [-0.4, -0.2) is 46.8 Å². The summed E-state index contributed by atoms with van der Waals surface area (Å²) in [5.74, 6) is -0.921. The van der Waals surface area contributed by atoms with Gasteiger partial charge in [0, 0.05) is 30.9 Å². The molecule has 1 heterocycles. The zero-order valence-corrected chi connectivity index (χ0v) is 20.0. The van der Waals surface area contributed by atoms with Crippen molar-refractivity contribution in [3.8, 4) is 11.1 Å². The number of carbonyl (C=O) groups is 3. The van der Waals surface area contributed by atoms with E-state index in [-0.39, 0.29) is 18.3 Å². The summed E-state index contributed by atoms with van der Waals surface area (Å²) in [4.78, 5) is 40.3. The van der Waals surface area contributed by atoms with Crippen LogP contribution >= 0.6 is 0 Å². The predicted octanol–water partition coefficient (Wildman–Crippen LogP) is 4.83. The number of likely N-dealkylation sites (N-methyl/N-ethyl adjacent to an activating group) is 1. The second-order valence-electron chi connectivity index (χ2n) is 8.11. The number of Topliss-reactive ketones (excluding diaryl/α,β-unsaturated/α-hetero) is 1. The first-order valence-corrected chi connectivity index (χ1v) is 11.0. The maximum atomic E-state index is 13.4. The Bertz CT molecular complexity index is 1180. The fourth-order valence-corrected chi connectivity index (χ4v) is 4.03. The Morgan fingerprint density at radius 1 is 0.970 bits per heavy atom. The van der Waals surface area contributed by atoms with Gasteiger partial charge in [0.15, 0.2) is 5.78 Å². The summed E-state index contributed by atoms with van der Waals surface area (Å²) in [6.45, 7) is 7.23. The molecule has 1 amide bonds. The van der Waals surface area contributed by atoms with Gasteiger partial charge in [0.05, 0.1) is 12.6 Å². The van der Waals surface area contributed by atoms with Crippen LogP contribution in [0.1, 0.15) is 56.3 Å². The molecular formula is C27H30N2O4. The Labute approximate surface area is 194 Å². The standard InChI is InChI=1S/C27H30N2O4/c1-7-33-27(32)24-17(2)23(18(3)28(24)5)25(30)19(4)29(6)26(31)22-15-13-21(14-16-22)20-11-9-8-10-12-20/h8-16,19H,7H2,1-6H3. The van der Waals surface area contributed by atoms with Crippen LogP contribution in [0, 0.1) is 13.8 Å². The number of hydrogen-bond acceptors (Lipinski definition) is 4. The molecular weight excluding hydrogens is 416 g/mol. The van der Waals surface area contributed by atoms with Gasteiger partial charge in [-0.15, -0.1) is 0 Å². The highest BCUT2D eigenvalue weighted by atomic mass is 16.5. The van der Waals surface area contributed by atoms with E-state index in [9.17, 15) is 14.4 Å². The molecule has 3 aromatic rings. The lowest BCUT2D eigenvalue weighted by Crippen LogP contribution is -2.40. The van der Waals surface area contributed by atoms with E-state index in [2.05, 4.69) is 0 Å². The second kappa shape index (κ2) is 9.86. The highest BCUT2D eigenvalue weighted by molar-refractivity contribution is 6.07. The zero-order chi connectivity index (χ0) is 24.3. The van der Waals surface area contributed by atoms with Crippen LogP contribution in [0.4, 0.5) is 0 Å². The first kappa shape index (κ1) is 24.0. The van der Waals surface area contributed by atoms with Crippen LogP contribution < -0.4 is 0 Å². The third-order valence-electron chi connectivity index (χ3n) is 6.17. The van der Waals surface area contributed by atoms with Gasteiger partial charge in [0.1, 0.15) is 5.69 Å². The third kappa shape index (κ3) is 4.60. The van der Waals surface area contributed by atoms with Crippen LogP contribution in [-0.2, 0) is 11.8 Å². The van der Waals surface area contributed by atoms with Gasteiger partial charge in [0.25, 0.3) is 5.91 Å².